The van der Waals surface area contributed by atoms with Crippen LogP contribution in [-0.2, 0) is 11.3 Å². The van der Waals surface area contributed by atoms with Crippen LogP contribution in [0.5, 0.6) is 0 Å². The number of nitro groups is 1. The lowest BCUT2D eigenvalue weighted by molar-refractivity contribution is -0.386. The van der Waals surface area contributed by atoms with Gasteiger partial charge in [0.1, 0.15) is 6.61 Å². The lowest BCUT2D eigenvalue weighted by Crippen LogP contribution is -2.07. The number of aryl methyl sites for hydroxylation is 1. The summed E-state index contributed by atoms with van der Waals surface area (Å²) in [6.07, 6.45) is 0. The zero-order valence-electron chi connectivity index (χ0n) is 10.9. The van der Waals surface area contributed by atoms with E-state index in [1.165, 1.54) is 0 Å². The summed E-state index contributed by atoms with van der Waals surface area (Å²) in [6, 6.07) is 13.5. The molecule has 5 heteroatoms. The second kappa shape index (κ2) is 5.97. The Hall–Kier alpha value is -2.69. The molecule has 0 aromatic heterocycles. The van der Waals surface area contributed by atoms with Gasteiger partial charge in [-0.2, -0.15) is 0 Å². The second-order valence-corrected chi connectivity index (χ2v) is 4.28. The number of para-hydroxylation sites is 1. The normalized spacial score (nSPS) is 10.1. The molecule has 0 aliphatic rings. The van der Waals surface area contributed by atoms with E-state index in [1.807, 2.05) is 0 Å². The highest BCUT2D eigenvalue weighted by molar-refractivity contribution is 5.89. The Labute approximate surface area is 116 Å². The smallest absolute Gasteiger partial charge is 0.338 e. The van der Waals surface area contributed by atoms with E-state index in [2.05, 4.69) is 0 Å². The largest absolute Gasteiger partial charge is 0.457 e. The highest BCUT2D eigenvalue weighted by atomic mass is 16.6. The predicted molar refractivity (Wildman–Crippen MR) is 73.4 cm³/mol. The summed E-state index contributed by atoms with van der Waals surface area (Å²) in [7, 11) is 0. The Morgan fingerprint density at radius 2 is 1.85 bits per heavy atom. The Bertz CT molecular complexity index is 638. The number of carbonyl (C=O) groups excluding carboxylic acids is 1. The minimum Gasteiger partial charge on any atom is -0.457 e. The summed E-state index contributed by atoms with van der Waals surface area (Å²) < 4.78 is 5.12. The van der Waals surface area contributed by atoms with E-state index < -0.39 is 10.9 Å². The van der Waals surface area contributed by atoms with Gasteiger partial charge in [0.25, 0.3) is 5.69 Å². The maximum atomic E-state index is 11.8. The van der Waals surface area contributed by atoms with Crippen LogP contribution >= 0.6 is 0 Å². The van der Waals surface area contributed by atoms with Gasteiger partial charge >= 0.3 is 5.97 Å². The van der Waals surface area contributed by atoms with Gasteiger partial charge in [0, 0.05) is 5.56 Å². The number of carbonyl (C=O) groups is 1. The lowest BCUT2D eigenvalue weighted by atomic mass is 10.1. The van der Waals surface area contributed by atoms with Crippen LogP contribution in [0, 0.1) is 17.0 Å². The molecule has 0 spiro atoms. The van der Waals surface area contributed by atoms with Gasteiger partial charge in [-0.3, -0.25) is 10.1 Å². The van der Waals surface area contributed by atoms with Gasteiger partial charge in [-0.05, 0) is 25.1 Å². The van der Waals surface area contributed by atoms with Crippen LogP contribution in [0.1, 0.15) is 21.5 Å². The predicted octanol–water partition coefficient (Wildman–Crippen LogP) is 3.26. The number of esters is 1. The first-order chi connectivity index (χ1) is 9.59. The van der Waals surface area contributed by atoms with E-state index in [1.54, 1.807) is 55.5 Å². The van der Waals surface area contributed by atoms with Gasteiger partial charge in [0.15, 0.2) is 0 Å². The lowest BCUT2D eigenvalue weighted by Gasteiger charge is -2.07. The standard InChI is InChI=1S/C15H13NO4/c1-11-6-5-9-13(14(11)16(18)19)10-20-15(17)12-7-3-2-4-8-12/h2-9H,10H2,1H3. The van der Waals surface area contributed by atoms with Crippen molar-refractivity contribution in [2.45, 2.75) is 13.5 Å². The van der Waals surface area contributed by atoms with Crippen LogP contribution in [0.3, 0.4) is 0 Å². The van der Waals surface area contributed by atoms with E-state index in [0.29, 0.717) is 16.7 Å². The number of benzene rings is 2. The van der Waals surface area contributed by atoms with Gasteiger partial charge in [-0.1, -0.05) is 30.3 Å². The van der Waals surface area contributed by atoms with Crippen molar-refractivity contribution in [2.24, 2.45) is 0 Å². The number of rotatable bonds is 4. The number of ether oxygens (including phenoxy) is 1. The number of hydrogen-bond acceptors (Lipinski definition) is 4. The quantitative estimate of drug-likeness (QED) is 0.486. The summed E-state index contributed by atoms with van der Waals surface area (Å²) in [5, 5.41) is 11.0. The van der Waals surface area contributed by atoms with E-state index in [4.69, 9.17) is 4.74 Å². The Morgan fingerprint density at radius 3 is 2.50 bits per heavy atom. The average molecular weight is 271 g/mol. The first-order valence-corrected chi connectivity index (χ1v) is 6.04. The molecule has 2 aromatic rings. The average Bonchev–Trinajstić information content (AvgIpc) is 2.45. The topological polar surface area (TPSA) is 69.4 Å². The summed E-state index contributed by atoms with van der Waals surface area (Å²) in [5.41, 5.74) is 1.35. The molecule has 0 N–H and O–H groups in total. The van der Waals surface area contributed by atoms with Crippen molar-refractivity contribution in [1.82, 2.24) is 0 Å². The molecule has 20 heavy (non-hydrogen) atoms. The van der Waals surface area contributed by atoms with Gasteiger partial charge in [0.2, 0.25) is 0 Å². The van der Waals surface area contributed by atoms with Crippen molar-refractivity contribution in [3.05, 3.63) is 75.3 Å². The minimum absolute atomic E-state index is 0.00615. The van der Waals surface area contributed by atoms with Crippen molar-refractivity contribution in [2.75, 3.05) is 0 Å². The fourth-order valence-electron chi connectivity index (χ4n) is 1.90. The van der Waals surface area contributed by atoms with Gasteiger partial charge < -0.3 is 4.74 Å². The highest BCUT2D eigenvalue weighted by Gasteiger charge is 2.18. The minimum atomic E-state index is -0.499. The summed E-state index contributed by atoms with van der Waals surface area (Å²) in [5.74, 6) is -0.499. The van der Waals surface area contributed by atoms with Crippen LogP contribution in [0.4, 0.5) is 5.69 Å². The summed E-state index contributed by atoms with van der Waals surface area (Å²) >= 11 is 0. The molecule has 0 aliphatic heterocycles. The third-order valence-electron chi connectivity index (χ3n) is 2.87. The summed E-state index contributed by atoms with van der Waals surface area (Å²) in [6.45, 7) is 1.53. The van der Waals surface area contributed by atoms with Crippen LogP contribution in [-0.4, -0.2) is 10.9 Å². The SMILES string of the molecule is Cc1cccc(COC(=O)c2ccccc2)c1[N+](=O)[O-]. The molecule has 0 amide bonds. The first kappa shape index (κ1) is 13.7. The third-order valence-corrected chi connectivity index (χ3v) is 2.87. The molecule has 0 fully saturated rings. The molecule has 102 valence electrons. The first-order valence-electron chi connectivity index (χ1n) is 6.04. The monoisotopic (exact) mass is 271 g/mol. The molecule has 0 bridgehead atoms. The maximum absolute atomic E-state index is 11.8. The van der Waals surface area contributed by atoms with Crippen molar-refractivity contribution in [1.29, 1.82) is 0 Å². The number of hydrogen-bond donors (Lipinski definition) is 0. The molecule has 0 saturated carbocycles. The van der Waals surface area contributed by atoms with Gasteiger partial charge in [0.05, 0.1) is 16.1 Å². The Kier molecular flexibility index (Phi) is 4.10. The Balaban J connectivity index is 2.14. The summed E-state index contributed by atoms with van der Waals surface area (Å²) in [4.78, 5) is 22.4. The molecule has 0 radical (unpaired) electrons. The van der Waals surface area contributed by atoms with E-state index in [9.17, 15) is 14.9 Å². The molecule has 0 atom stereocenters. The van der Waals surface area contributed by atoms with E-state index >= 15 is 0 Å². The number of nitrogens with zero attached hydrogens (tertiary/aromatic N) is 1. The third kappa shape index (κ3) is 3.00. The molecule has 5 nitrogen and oxygen atoms in total. The molecular formula is C15H13NO4. The zero-order valence-corrected chi connectivity index (χ0v) is 10.9. The fraction of sp³-hybridized carbons (Fsp3) is 0.133. The van der Waals surface area contributed by atoms with Crippen molar-refractivity contribution in [3.8, 4) is 0 Å². The molecule has 2 aromatic carbocycles. The van der Waals surface area contributed by atoms with Crippen LogP contribution < -0.4 is 0 Å². The number of nitro benzene ring substituents is 1. The highest BCUT2D eigenvalue weighted by Crippen LogP contribution is 2.23. The molecule has 0 saturated heterocycles. The van der Waals surface area contributed by atoms with Crippen LogP contribution in [0.15, 0.2) is 48.5 Å². The maximum Gasteiger partial charge on any atom is 0.338 e. The van der Waals surface area contributed by atoms with Crippen LogP contribution in [0.25, 0.3) is 0 Å². The van der Waals surface area contributed by atoms with Crippen molar-refractivity contribution < 1.29 is 14.5 Å². The molecule has 0 unspecified atom stereocenters. The molecule has 0 heterocycles. The van der Waals surface area contributed by atoms with Crippen molar-refractivity contribution in [3.63, 3.8) is 0 Å². The fourth-order valence-corrected chi connectivity index (χ4v) is 1.90. The molecular weight excluding hydrogens is 258 g/mol. The molecule has 0 aliphatic carbocycles. The zero-order chi connectivity index (χ0) is 14.5. The van der Waals surface area contributed by atoms with Crippen LogP contribution in [0.2, 0.25) is 0 Å². The second-order valence-electron chi connectivity index (χ2n) is 4.28. The van der Waals surface area contributed by atoms with Crippen molar-refractivity contribution >= 4 is 11.7 Å². The van der Waals surface area contributed by atoms with E-state index in [0.717, 1.165) is 0 Å². The van der Waals surface area contributed by atoms with Gasteiger partial charge in [-0.25, -0.2) is 4.79 Å². The van der Waals surface area contributed by atoms with Gasteiger partial charge in [-0.15, -0.1) is 0 Å². The Morgan fingerprint density at radius 1 is 1.15 bits per heavy atom. The molecule has 2 rings (SSSR count). The van der Waals surface area contributed by atoms with E-state index in [-0.39, 0.29) is 12.3 Å².